The first-order chi connectivity index (χ1) is 22.8. The fraction of sp³-hybridized carbons (Fsp3) is 0.257. The van der Waals surface area contributed by atoms with Crippen molar-refractivity contribution in [1.29, 1.82) is 0 Å². The lowest BCUT2D eigenvalue weighted by atomic mass is 9.77. The molecule has 11 nitrogen and oxygen atoms in total. The summed E-state index contributed by atoms with van der Waals surface area (Å²) in [5.74, 6) is -0.585. The van der Waals surface area contributed by atoms with Gasteiger partial charge >= 0.3 is 12.0 Å². The zero-order valence-electron chi connectivity index (χ0n) is 26.2. The molecule has 0 spiro atoms. The second-order valence-electron chi connectivity index (χ2n) is 11.6. The number of anilines is 2. The molecule has 2 aliphatic heterocycles. The van der Waals surface area contributed by atoms with Crippen LogP contribution in [0.2, 0.25) is 0 Å². The first-order valence-electron chi connectivity index (χ1n) is 15.5. The Kier molecular flexibility index (Phi) is 9.06. The molecule has 2 aliphatic rings. The van der Waals surface area contributed by atoms with Crippen molar-refractivity contribution in [3.05, 3.63) is 125 Å². The van der Waals surface area contributed by atoms with E-state index in [1.165, 1.54) is 16.7 Å². The molecular weight excluding hydrogens is 614 g/mol. The zero-order chi connectivity index (χ0) is 33.1. The average molecular weight is 653 g/mol. The minimum Gasteiger partial charge on any atom is -0.477 e. The Morgan fingerprint density at radius 2 is 1.53 bits per heavy atom. The van der Waals surface area contributed by atoms with Crippen molar-refractivity contribution in [2.24, 2.45) is 12.8 Å². The Labute approximate surface area is 277 Å². The summed E-state index contributed by atoms with van der Waals surface area (Å²) >= 11 is 1.45. The number of nitrogens with one attached hydrogen (secondary N) is 3. The number of β-lactam (4-membered cyclic amide) rings is 1. The van der Waals surface area contributed by atoms with Crippen LogP contribution in [0.15, 0.2) is 108 Å². The second kappa shape index (κ2) is 13.3. The van der Waals surface area contributed by atoms with Crippen LogP contribution in [0.3, 0.4) is 0 Å². The Balaban J connectivity index is 1.51. The van der Waals surface area contributed by atoms with Crippen LogP contribution in [-0.2, 0) is 28.7 Å². The fourth-order valence-electron chi connectivity index (χ4n) is 6.25. The summed E-state index contributed by atoms with van der Waals surface area (Å²) in [5, 5.41) is 19.5. The van der Waals surface area contributed by atoms with Crippen LogP contribution in [-0.4, -0.2) is 56.3 Å². The molecule has 6 rings (SSSR count). The largest absolute Gasteiger partial charge is 0.477 e. The van der Waals surface area contributed by atoms with Gasteiger partial charge in [0, 0.05) is 17.9 Å². The molecule has 12 heteroatoms. The summed E-state index contributed by atoms with van der Waals surface area (Å²) in [4.78, 5) is 39.5. The molecule has 1 saturated heterocycles. The minimum atomic E-state index is -1.17. The van der Waals surface area contributed by atoms with Crippen molar-refractivity contribution < 1.29 is 24.2 Å². The molecule has 0 aliphatic carbocycles. The number of aliphatic carboxylic acids is 1. The summed E-state index contributed by atoms with van der Waals surface area (Å²) in [7, 11) is 1.85. The SMILES string of the molecule is CCCNC(=O)Nc1c[n+](CC2=C(C(=O)O)N3C(=O)[C@@H](N)[C@H]3SC2)n(C)c1NC(c1ccccc1)(c1ccccc1)c1ccccc1. The summed E-state index contributed by atoms with van der Waals surface area (Å²) < 4.78 is 3.71. The van der Waals surface area contributed by atoms with Gasteiger partial charge in [-0.25, -0.2) is 9.59 Å². The van der Waals surface area contributed by atoms with E-state index in [0.29, 0.717) is 29.4 Å². The van der Waals surface area contributed by atoms with E-state index in [1.807, 2.05) is 77.9 Å². The molecule has 1 aromatic heterocycles. The first kappa shape index (κ1) is 31.9. The zero-order valence-corrected chi connectivity index (χ0v) is 27.0. The van der Waals surface area contributed by atoms with Crippen LogP contribution in [0.5, 0.6) is 0 Å². The summed E-state index contributed by atoms with van der Waals surface area (Å²) in [6, 6.07) is 29.2. The number of fused-ring (bicyclic) bond motifs is 1. The number of hydrogen-bond acceptors (Lipinski definition) is 6. The Morgan fingerprint density at radius 1 is 0.979 bits per heavy atom. The third-order valence-corrected chi connectivity index (χ3v) is 9.96. The molecule has 6 N–H and O–H groups in total. The standard InChI is InChI=1S/C35H37N7O4S/c1-3-19-37-34(46)38-27-21-41(20-23-22-47-32-28(36)31(43)42(32)29(23)33(44)45)40(2)30(27)39-35(24-13-7-4-8-14-24,25-15-9-5-10-16-25)26-17-11-6-12-18-26/h4-18,21,28,32H,3,19-20,22,36H2,1-2H3,(H3,37,38,44,45,46)/p+1/t28-,32-/m1/s1. The number of amides is 3. The number of carboxylic acid groups (broad SMARTS) is 1. The minimum absolute atomic E-state index is 0.0361. The van der Waals surface area contributed by atoms with Gasteiger partial charge in [0.05, 0.1) is 7.05 Å². The smallest absolute Gasteiger partial charge is 0.352 e. The number of rotatable bonds is 11. The maximum absolute atomic E-state index is 13.1. The van der Waals surface area contributed by atoms with Gasteiger partial charge in [-0.1, -0.05) is 97.9 Å². The quantitative estimate of drug-likeness (QED) is 0.0941. The maximum atomic E-state index is 13.1. The lowest BCUT2D eigenvalue weighted by molar-refractivity contribution is -0.765. The van der Waals surface area contributed by atoms with Gasteiger partial charge in [-0.2, -0.15) is 0 Å². The van der Waals surface area contributed by atoms with Gasteiger partial charge in [-0.3, -0.25) is 15.0 Å². The highest BCUT2D eigenvalue weighted by Crippen LogP contribution is 2.42. The van der Waals surface area contributed by atoms with E-state index in [0.717, 1.165) is 23.1 Å². The molecule has 3 aromatic carbocycles. The van der Waals surface area contributed by atoms with E-state index < -0.39 is 28.8 Å². The van der Waals surface area contributed by atoms with Crippen LogP contribution < -0.4 is 26.4 Å². The van der Waals surface area contributed by atoms with Gasteiger partial charge < -0.3 is 21.5 Å². The molecule has 3 heterocycles. The number of carbonyl (C=O) groups is 3. The molecule has 2 atom stereocenters. The van der Waals surface area contributed by atoms with Gasteiger partial charge in [0.1, 0.15) is 22.7 Å². The average Bonchev–Trinajstić information content (AvgIpc) is 3.38. The van der Waals surface area contributed by atoms with Gasteiger partial charge in [0.2, 0.25) is 12.1 Å². The van der Waals surface area contributed by atoms with E-state index in [-0.39, 0.29) is 18.3 Å². The van der Waals surface area contributed by atoms with Crippen LogP contribution in [0.25, 0.3) is 0 Å². The van der Waals surface area contributed by atoms with Crippen molar-refractivity contribution >= 4 is 41.2 Å². The van der Waals surface area contributed by atoms with Crippen LogP contribution >= 0.6 is 11.8 Å². The number of benzene rings is 3. The van der Waals surface area contributed by atoms with E-state index in [9.17, 15) is 19.5 Å². The Morgan fingerprint density at radius 3 is 2.04 bits per heavy atom. The number of nitrogens with two attached hydrogens (primary N) is 1. The van der Waals surface area contributed by atoms with Crippen LogP contribution in [0.4, 0.5) is 16.3 Å². The molecule has 3 amide bonds. The predicted molar refractivity (Wildman–Crippen MR) is 181 cm³/mol. The highest BCUT2D eigenvalue weighted by atomic mass is 32.2. The Bertz CT molecular complexity index is 1710. The first-order valence-corrected chi connectivity index (χ1v) is 16.6. The summed E-state index contributed by atoms with van der Waals surface area (Å²) in [6.07, 6.45) is 2.56. The normalized spacial score (nSPS) is 17.5. The number of carboxylic acids is 1. The monoisotopic (exact) mass is 652 g/mol. The van der Waals surface area contributed by atoms with Crippen molar-refractivity contribution in [2.45, 2.75) is 36.8 Å². The number of aromatic nitrogens is 2. The van der Waals surface area contributed by atoms with Gasteiger partial charge in [0.15, 0.2) is 18.1 Å². The molecule has 0 unspecified atom stereocenters. The van der Waals surface area contributed by atoms with Crippen LogP contribution in [0.1, 0.15) is 30.0 Å². The molecule has 0 bridgehead atoms. The van der Waals surface area contributed by atoms with Crippen molar-refractivity contribution in [3.63, 3.8) is 0 Å². The lowest BCUT2D eigenvalue weighted by Gasteiger charge is -2.47. The summed E-state index contributed by atoms with van der Waals surface area (Å²) in [6.45, 7) is 2.65. The van der Waals surface area contributed by atoms with Gasteiger partial charge in [-0.15, -0.1) is 21.1 Å². The number of urea groups is 1. The summed E-state index contributed by atoms with van der Waals surface area (Å²) in [5.41, 5.74) is 9.03. The van der Waals surface area contributed by atoms with Crippen molar-refractivity contribution in [3.8, 4) is 0 Å². The predicted octanol–water partition coefficient (Wildman–Crippen LogP) is 3.83. The highest BCUT2D eigenvalue weighted by Gasteiger charge is 2.52. The second-order valence-corrected chi connectivity index (χ2v) is 12.7. The Hall–Kier alpha value is -5.07. The van der Waals surface area contributed by atoms with Gasteiger partial charge in [-0.05, 0) is 23.1 Å². The molecule has 242 valence electrons. The molecule has 47 heavy (non-hydrogen) atoms. The fourth-order valence-corrected chi connectivity index (χ4v) is 7.53. The van der Waals surface area contributed by atoms with Gasteiger partial charge in [0.25, 0.3) is 0 Å². The number of nitrogens with zero attached hydrogens (tertiary/aromatic N) is 3. The van der Waals surface area contributed by atoms with E-state index >= 15 is 0 Å². The highest BCUT2D eigenvalue weighted by molar-refractivity contribution is 8.00. The van der Waals surface area contributed by atoms with E-state index in [2.05, 4.69) is 52.3 Å². The van der Waals surface area contributed by atoms with E-state index in [1.54, 1.807) is 6.20 Å². The molecule has 4 aromatic rings. The third-order valence-electron chi connectivity index (χ3n) is 8.60. The van der Waals surface area contributed by atoms with E-state index in [4.69, 9.17) is 5.73 Å². The molecular formula is C35H38N7O4S+. The third kappa shape index (κ3) is 5.85. The van der Waals surface area contributed by atoms with Crippen molar-refractivity contribution in [2.75, 3.05) is 22.9 Å². The molecule has 0 radical (unpaired) electrons. The number of carbonyl (C=O) groups excluding carboxylic acids is 2. The maximum Gasteiger partial charge on any atom is 0.352 e. The van der Waals surface area contributed by atoms with Crippen molar-refractivity contribution in [1.82, 2.24) is 14.9 Å². The topological polar surface area (TPSA) is 146 Å². The number of hydrogen-bond donors (Lipinski definition) is 5. The van der Waals surface area contributed by atoms with Crippen LogP contribution in [0, 0.1) is 0 Å². The molecule has 1 fully saturated rings. The molecule has 0 saturated carbocycles. The number of thioether (sulfide) groups is 1. The lowest BCUT2D eigenvalue weighted by Crippen LogP contribution is -2.68.